The van der Waals surface area contributed by atoms with Crippen molar-refractivity contribution >= 4 is 35.6 Å². The summed E-state index contributed by atoms with van der Waals surface area (Å²) < 4.78 is 8.04. The molecular formula is C21H25IN6O. The summed E-state index contributed by atoms with van der Waals surface area (Å²) in [6.07, 6.45) is 1.99. The fourth-order valence-electron chi connectivity index (χ4n) is 3.36. The lowest BCUT2D eigenvalue weighted by molar-refractivity contribution is 0.370. The predicted octanol–water partition coefficient (Wildman–Crippen LogP) is 3.99. The number of aliphatic imine (C=N–C) groups is 1. The second-order valence-electron chi connectivity index (χ2n) is 6.97. The average Bonchev–Trinajstić information content (AvgIpc) is 3.08. The number of aryl methyl sites for hydroxylation is 2. The molecule has 2 heterocycles. The summed E-state index contributed by atoms with van der Waals surface area (Å²) in [6.45, 7) is 3.56. The molecule has 1 aromatic heterocycles. The van der Waals surface area contributed by atoms with E-state index in [2.05, 4.69) is 25.1 Å². The van der Waals surface area contributed by atoms with Gasteiger partial charge in [0.15, 0.2) is 5.96 Å². The van der Waals surface area contributed by atoms with Crippen molar-refractivity contribution in [3.05, 3.63) is 66.2 Å². The lowest BCUT2D eigenvalue weighted by atomic mass is 9.99. The molecule has 0 fully saturated rings. The second kappa shape index (κ2) is 9.73. The van der Waals surface area contributed by atoms with E-state index in [1.165, 1.54) is 0 Å². The summed E-state index contributed by atoms with van der Waals surface area (Å²) in [5, 5.41) is 11.5. The molecule has 0 amide bonds. The summed E-state index contributed by atoms with van der Waals surface area (Å²) >= 11 is 0. The maximum absolute atomic E-state index is 6.10. The fraction of sp³-hybridized carbons (Fsp3) is 0.286. The molecular weight excluding hydrogens is 479 g/mol. The van der Waals surface area contributed by atoms with Crippen molar-refractivity contribution in [3.63, 3.8) is 0 Å². The van der Waals surface area contributed by atoms with Crippen LogP contribution in [-0.2, 0) is 13.0 Å². The molecule has 0 aliphatic carbocycles. The van der Waals surface area contributed by atoms with Gasteiger partial charge in [0.25, 0.3) is 0 Å². The van der Waals surface area contributed by atoms with Crippen LogP contribution in [0.3, 0.4) is 0 Å². The number of guanidine groups is 1. The number of para-hydroxylation sites is 1. The van der Waals surface area contributed by atoms with Gasteiger partial charge in [0, 0.05) is 31.3 Å². The highest BCUT2D eigenvalue weighted by molar-refractivity contribution is 14.0. The summed E-state index contributed by atoms with van der Waals surface area (Å²) in [4.78, 5) is 4.53. The highest BCUT2D eigenvalue weighted by Gasteiger charge is 2.21. The van der Waals surface area contributed by atoms with Crippen molar-refractivity contribution in [1.29, 1.82) is 0 Å². The quantitative estimate of drug-likeness (QED) is 0.312. The first-order valence-electron chi connectivity index (χ1n) is 9.46. The van der Waals surface area contributed by atoms with Gasteiger partial charge in [0.1, 0.15) is 23.1 Å². The first-order chi connectivity index (χ1) is 13.7. The average molecular weight is 504 g/mol. The van der Waals surface area contributed by atoms with E-state index in [1.54, 1.807) is 0 Å². The SMILES string of the molecule is Cc1nnc2n1CC(CN=C(N)Nc1cccc(Oc3ccccc3)c1)CC2.I. The van der Waals surface area contributed by atoms with Crippen LogP contribution in [0.4, 0.5) is 5.69 Å². The van der Waals surface area contributed by atoms with Crippen molar-refractivity contribution < 1.29 is 4.74 Å². The molecule has 1 atom stereocenters. The van der Waals surface area contributed by atoms with E-state index in [1.807, 2.05) is 61.5 Å². The van der Waals surface area contributed by atoms with E-state index >= 15 is 0 Å². The molecule has 0 bridgehead atoms. The number of ether oxygens (including phenoxy) is 1. The Morgan fingerprint density at radius 3 is 2.79 bits per heavy atom. The minimum Gasteiger partial charge on any atom is -0.457 e. The van der Waals surface area contributed by atoms with Crippen molar-refractivity contribution in [2.24, 2.45) is 16.6 Å². The zero-order valence-corrected chi connectivity index (χ0v) is 18.6. The first kappa shape index (κ1) is 21.1. The maximum Gasteiger partial charge on any atom is 0.193 e. The number of hydrogen-bond donors (Lipinski definition) is 2. The van der Waals surface area contributed by atoms with Gasteiger partial charge in [-0.15, -0.1) is 34.2 Å². The number of nitrogens with zero attached hydrogens (tertiary/aromatic N) is 4. The van der Waals surface area contributed by atoms with Crippen LogP contribution < -0.4 is 15.8 Å². The Hall–Kier alpha value is -2.62. The smallest absolute Gasteiger partial charge is 0.193 e. The third-order valence-corrected chi connectivity index (χ3v) is 4.83. The molecule has 4 rings (SSSR count). The number of hydrogen-bond acceptors (Lipinski definition) is 4. The second-order valence-corrected chi connectivity index (χ2v) is 6.97. The van der Waals surface area contributed by atoms with Crippen LogP contribution in [0.5, 0.6) is 11.5 Å². The molecule has 1 aliphatic rings. The number of fused-ring (bicyclic) bond motifs is 1. The predicted molar refractivity (Wildman–Crippen MR) is 125 cm³/mol. The van der Waals surface area contributed by atoms with Crippen molar-refractivity contribution in [2.45, 2.75) is 26.3 Å². The Labute approximate surface area is 187 Å². The highest BCUT2D eigenvalue weighted by Crippen LogP contribution is 2.24. The van der Waals surface area contributed by atoms with Gasteiger partial charge in [-0.25, -0.2) is 0 Å². The first-order valence-corrected chi connectivity index (χ1v) is 9.46. The van der Waals surface area contributed by atoms with Crippen LogP contribution in [0.25, 0.3) is 0 Å². The van der Waals surface area contributed by atoms with E-state index in [0.717, 1.165) is 48.2 Å². The van der Waals surface area contributed by atoms with Crippen LogP contribution >= 0.6 is 24.0 Å². The molecule has 0 radical (unpaired) electrons. The Morgan fingerprint density at radius 1 is 1.17 bits per heavy atom. The summed E-state index contributed by atoms with van der Waals surface area (Å²) in [7, 11) is 0. The Morgan fingerprint density at radius 2 is 1.97 bits per heavy atom. The minimum absolute atomic E-state index is 0. The highest BCUT2D eigenvalue weighted by atomic mass is 127. The molecule has 29 heavy (non-hydrogen) atoms. The zero-order valence-electron chi connectivity index (χ0n) is 16.3. The normalized spacial score (nSPS) is 15.9. The number of rotatable bonds is 5. The number of benzene rings is 2. The van der Waals surface area contributed by atoms with Gasteiger partial charge in [0.05, 0.1) is 0 Å². The monoisotopic (exact) mass is 504 g/mol. The Balaban J connectivity index is 0.00000240. The molecule has 1 aliphatic heterocycles. The third-order valence-electron chi connectivity index (χ3n) is 4.83. The number of nitrogens with two attached hydrogens (primary N) is 1. The lowest BCUT2D eigenvalue weighted by Gasteiger charge is -2.22. The van der Waals surface area contributed by atoms with Crippen LogP contribution in [0.1, 0.15) is 18.1 Å². The third kappa shape index (κ3) is 5.47. The number of nitrogens with one attached hydrogen (secondary N) is 1. The van der Waals surface area contributed by atoms with Gasteiger partial charge in [-0.3, -0.25) is 4.99 Å². The van der Waals surface area contributed by atoms with Crippen LogP contribution in [-0.4, -0.2) is 27.3 Å². The fourth-order valence-corrected chi connectivity index (χ4v) is 3.36. The van der Waals surface area contributed by atoms with Crippen LogP contribution in [0.15, 0.2) is 59.6 Å². The van der Waals surface area contributed by atoms with E-state index in [9.17, 15) is 0 Å². The molecule has 0 saturated carbocycles. The van der Waals surface area contributed by atoms with Gasteiger partial charge in [-0.2, -0.15) is 0 Å². The summed E-state index contributed by atoms with van der Waals surface area (Å²) in [5.74, 6) is 4.41. The van der Waals surface area contributed by atoms with Crippen molar-refractivity contribution in [3.8, 4) is 11.5 Å². The molecule has 2 aromatic carbocycles. The van der Waals surface area contributed by atoms with Crippen LogP contribution in [0.2, 0.25) is 0 Å². The number of anilines is 1. The summed E-state index contributed by atoms with van der Waals surface area (Å²) in [6, 6.07) is 17.4. The van der Waals surface area contributed by atoms with Crippen molar-refractivity contribution in [2.75, 3.05) is 11.9 Å². The molecule has 1 unspecified atom stereocenters. The molecule has 152 valence electrons. The lowest BCUT2D eigenvalue weighted by Crippen LogP contribution is -2.27. The standard InChI is InChI=1S/C21H24N6O.HI/c1-15-25-26-20-11-10-16(14-27(15)20)13-23-21(22)24-17-6-5-9-19(12-17)28-18-7-3-2-4-8-18;/h2-9,12,16H,10-11,13-14H2,1H3,(H3,22,23,24);1H. The molecule has 7 nitrogen and oxygen atoms in total. The van der Waals surface area contributed by atoms with Gasteiger partial charge < -0.3 is 20.4 Å². The van der Waals surface area contributed by atoms with E-state index in [0.29, 0.717) is 18.4 Å². The molecule has 0 saturated heterocycles. The topological polar surface area (TPSA) is 90.4 Å². The minimum atomic E-state index is 0. The van der Waals surface area contributed by atoms with Gasteiger partial charge in [-0.1, -0.05) is 24.3 Å². The van der Waals surface area contributed by atoms with Gasteiger partial charge in [-0.05, 0) is 43.5 Å². The molecule has 0 spiro atoms. The van der Waals surface area contributed by atoms with E-state index in [4.69, 9.17) is 10.5 Å². The van der Waals surface area contributed by atoms with E-state index < -0.39 is 0 Å². The van der Waals surface area contributed by atoms with Crippen molar-refractivity contribution in [1.82, 2.24) is 14.8 Å². The number of halogens is 1. The molecule has 8 heteroatoms. The maximum atomic E-state index is 6.10. The van der Waals surface area contributed by atoms with Crippen LogP contribution in [0, 0.1) is 12.8 Å². The molecule has 3 N–H and O–H groups in total. The van der Waals surface area contributed by atoms with Gasteiger partial charge in [0.2, 0.25) is 0 Å². The number of aromatic nitrogens is 3. The largest absolute Gasteiger partial charge is 0.457 e. The van der Waals surface area contributed by atoms with Gasteiger partial charge >= 0.3 is 0 Å². The zero-order chi connectivity index (χ0) is 19.3. The Kier molecular flexibility index (Phi) is 7.08. The van der Waals surface area contributed by atoms with E-state index in [-0.39, 0.29) is 24.0 Å². The molecule has 3 aromatic rings. The summed E-state index contributed by atoms with van der Waals surface area (Å²) in [5.41, 5.74) is 6.94. The Bertz CT molecular complexity index is 972.